The monoisotopic (exact) mass is 295 g/mol. The van der Waals surface area contributed by atoms with Crippen molar-refractivity contribution >= 4 is 0 Å². The van der Waals surface area contributed by atoms with Gasteiger partial charge in [-0.1, -0.05) is 25.1 Å². The van der Waals surface area contributed by atoms with Gasteiger partial charge in [0.05, 0.1) is 19.8 Å². The number of hydrogen-bond acceptors (Lipinski definition) is 4. The van der Waals surface area contributed by atoms with Crippen LogP contribution in [-0.4, -0.2) is 39.6 Å². The second-order valence-corrected chi connectivity index (χ2v) is 5.24. The zero-order chi connectivity index (χ0) is 15.5. The third-order valence-corrected chi connectivity index (χ3v) is 3.41. The first-order valence-electron chi connectivity index (χ1n) is 7.72. The normalized spacial score (nSPS) is 12.4. The van der Waals surface area contributed by atoms with E-state index >= 15 is 0 Å². The molecule has 0 amide bonds. The van der Waals surface area contributed by atoms with Gasteiger partial charge in [-0.3, -0.25) is 0 Å². The first kappa shape index (κ1) is 18.0. The molecule has 2 N–H and O–H groups in total. The van der Waals surface area contributed by atoms with Gasteiger partial charge in [-0.05, 0) is 30.9 Å². The number of methoxy groups -OCH3 is 1. The van der Waals surface area contributed by atoms with Crippen molar-refractivity contribution in [1.29, 1.82) is 0 Å². The number of hydrogen-bond donors (Lipinski definition) is 1. The van der Waals surface area contributed by atoms with Crippen LogP contribution in [0, 0.1) is 6.92 Å². The summed E-state index contributed by atoms with van der Waals surface area (Å²) in [6.07, 6.45) is 2.70. The highest BCUT2D eigenvalue weighted by atomic mass is 16.5. The molecule has 0 spiro atoms. The topological polar surface area (TPSA) is 53.7 Å². The Kier molecular flexibility index (Phi) is 9.06. The van der Waals surface area contributed by atoms with Crippen LogP contribution in [-0.2, 0) is 15.9 Å². The van der Waals surface area contributed by atoms with E-state index in [4.69, 9.17) is 19.9 Å². The van der Waals surface area contributed by atoms with E-state index in [-0.39, 0.29) is 6.04 Å². The highest BCUT2D eigenvalue weighted by Gasteiger charge is 2.10. The minimum atomic E-state index is 0.187. The van der Waals surface area contributed by atoms with Crippen molar-refractivity contribution in [3.8, 4) is 5.75 Å². The fourth-order valence-electron chi connectivity index (χ4n) is 2.09. The lowest BCUT2D eigenvalue weighted by Crippen LogP contribution is -2.22. The lowest BCUT2D eigenvalue weighted by atomic mass is 10.0. The summed E-state index contributed by atoms with van der Waals surface area (Å²) in [5.41, 5.74) is 8.42. The standard InChI is InChI=1S/C17H29NO3/c1-4-16(18)13-15-8-5-7-14(2)17(15)21-10-6-9-20-12-11-19-3/h5,7-8,16H,4,6,9-13,18H2,1-3H3. The van der Waals surface area contributed by atoms with E-state index in [1.54, 1.807) is 7.11 Å². The zero-order valence-electron chi connectivity index (χ0n) is 13.6. The molecule has 21 heavy (non-hydrogen) atoms. The largest absolute Gasteiger partial charge is 0.493 e. The second-order valence-electron chi connectivity index (χ2n) is 5.24. The molecule has 1 rings (SSSR count). The van der Waals surface area contributed by atoms with Crippen molar-refractivity contribution in [3.05, 3.63) is 29.3 Å². The van der Waals surface area contributed by atoms with Crippen molar-refractivity contribution in [2.75, 3.05) is 33.5 Å². The van der Waals surface area contributed by atoms with E-state index in [0.29, 0.717) is 26.4 Å². The Bertz CT molecular complexity index is 396. The molecule has 0 aliphatic rings. The molecule has 0 aliphatic carbocycles. The molecule has 120 valence electrons. The molecule has 0 heterocycles. The molecule has 0 aliphatic heterocycles. The minimum Gasteiger partial charge on any atom is -0.493 e. The Morgan fingerprint density at radius 2 is 1.95 bits per heavy atom. The maximum absolute atomic E-state index is 6.06. The van der Waals surface area contributed by atoms with Gasteiger partial charge in [-0.2, -0.15) is 0 Å². The Morgan fingerprint density at radius 3 is 2.67 bits per heavy atom. The predicted octanol–water partition coefficient (Wildman–Crippen LogP) is 2.71. The second kappa shape index (κ2) is 10.6. The first-order chi connectivity index (χ1) is 10.2. The van der Waals surface area contributed by atoms with Crippen LogP contribution >= 0.6 is 0 Å². The third kappa shape index (κ3) is 6.93. The average Bonchev–Trinajstić information content (AvgIpc) is 2.48. The van der Waals surface area contributed by atoms with Gasteiger partial charge >= 0.3 is 0 Å². The summed E-state index contributed by atoms with van der Waals surface area (Å²) < 4.78 is 16.3. The summed E-state index contributed by atoms with van der Waals surface area (Å²) >= 11 is 0. The van der Waals surface area contributed by atoms with E-state index in [9.17, 15) is 0 Å². The smallest absolute Gasteiger partial charge is 0.125 e. The van der Waals surface area contributed by atoms with Crippen molar-refractivity contribution < 1.29 is 14.2 Å². The number of aryl methyl sites for hydroxylation is 1. The molecule has 0 radical (unpaired) electrons. The van der Waals surface area contributed by atoms with Crippen molar-refractivity contribution in [2.45, 2.75) is 39.2 Å². The summed E-state index contributed by atoms with van der Waals surface area (Å²) in [5.74, 6) is 0.985. The average molecular weight is 295 g/mol. The Labute approximate surface area is 128 Å². The van der Waals surface area contributed by atoms with Crippen LogP contribution in [0.3, 0.4) is 0 Å². The molecular weight excluding hydrogens is 266 g/mol. The minimum absolute atomic E-state index is 0.187. The molecule has 1 unspecified atom stereocenters. The molecule has 1 atom stereocenters. The van der Waals surface area contributed by atoms with Crippen LogP contribution in [0.15, 0.2) is 18.2 Å². The highest BCUT2D eigenvalue weighted by Crippen LogP contribution is 2.25. The fourth-order valence-corrected chi connectivity index (χ4v) is 2.09. The summed E-state index contributed by atoms with van der Waals surface area (Å²) in [7, 11) is 1.67. The number of rotatable bonds is 11. The fraction of sp³-hybridized carbons (Fsp3) is 0.647. The lowest BCUT2D eigenvalue weighted by Gasteiger charge is -2.16. The number of ether oxygens (including phenoxy) is 3. The van der Waals surface area contributed by atoms with E-state index < -0.39 is 0 Å². The highest BCUT2D eigenvalue weighted by molar-refractivity contribution is 5.41. The molecule has 0 fully saturated rings. The van der Waals surface area contributed by atoms with Gasteiger partial charge < -0.3 is 19.9 Å². The molecular formula is C17H29NO3. The maximum atomic E-state index is 6.06. The van der Waals surface area contributed by atoms with Gasteiger partial charge in [0.15, 0.2) is 0 Å². The first-order valence-corrected chi connectivity index (χ1v) is 7.72. The molecule has 4 heteroatoms. The third-order valence-electron chi connectivity index (χ3n) is 3.41. The molecule has 4 nitrogen and oxygen atoms in total. The molecule has 0 aromatic heterocycles. The van der Waals surface area contributed by atoms with E-state index in [0.717, 1.165) is 30.6 Å². The summed E-state index contributed by atoms with van der Waals surface area (Å²) in [4.78, 5) is 0. The van der Waals surface area contributed by atoms with E-state index in [1.807, 2.05) is 0 Å². The Balaban J connectivity index is 2.42. The van der Waals surface area contributed by atoms with Gasteiger partial charge in [0.2, 0.25) is 0 Å². The molecule has 1 aromatic carbocycles. The zero-order valence-corrected chi connectivity index (χ0v) is 13.6. The van der Waals surface area contributed by atoms with E-state index in [2.05, 4.69) is 32.0 Å². The Hall–Kier alpha value is -1.10. The lowest BCUT2D eigenvalue weighted by molar-refractivity contribution is 0.0643. The van der Waals surface area contributed by atoms with Crippen LogP contribution < -0.4 is 10.5 Å². The van der Waals surface area contributed by atoms with Gasteiger partial charge in [0, 0.05) is 26.2 Å². The molecule has 1 aromatic rings. The number of benzene rings is 1. The van der Waals surface area contributed by atoms with Crippen LogP contribution in [0.5, 0.6) is 5.75 Å². The SMILES string of the molecule is CCC(N)Cc1cccc(C)c1OCCCOCCOC. The quantitative estimate of drug-likeness (QED) is 0.638. The van der Waals surface area contributed by atoms with Crippen molar-refractivity contribution in [3.63, 3.8) is 0 Å². The number of nitrogens with two attached hydrogens (primary N) is 1. The van der Waals surface area contributed by atoms with Crippen molar-refractivity contribution in [2.24, 2.45) is 5.73 Å². The summed E-state index contributed by atoms with van der Waals surface area (Å²) in [5, 5.41) is 0. The van der Waals surface area contributed by atoms with Crippen LogP contribution in [0.1, 0.15) is 30.9 Å². The maximum Gasteiger partial charge on any atom is 0.125 e. The Morgan fingerprint density at radius 1 is 1.14 bits per heavy atom. The van der Waals surface area contributed by atoms with Gasteiger partial charge in [-0.25, -0.2) is 0 Å². The van der Waals surface area contributed by atoms with Crippen LogP contribution in [0.2, 0.25) is 0 Å². The number of para-hydroxylation sites is 1. The van der Waals surface area contributed by atoms with Crippen molar-refractivity contribution in [1.82, 2.24) is 0 Å². The van der Waals surface area contributed by atoms with Gasteiger partial charge in [0.25, 0.3) is 0 Å². The van der Waals surface area contributed by atoms with Gasteiger partial charge in [0.1, 0.15) is 5.75 Å². The van der Waals surface area contributed by atoms with Gasteiger partial charge in [-0.15, -0.1) is 0 Å². The molecule has 0 saturated carbocycles. The van der Waals surface area contributed by atoms with Crippen LogP contribution in [0.25, 0.3) is 0 Å². The molecule has 0 saturated heterocycles. The van der Waals surface area contributed by atoms with Crippen LogP contribution in [0.4, 0.5) is 0 Å². The predicted molar refractivity (Wildman–Crippen MR) is 86.0 cm³/mol. The summed E-state index contributed by atoms with van der Waals surface area (Å²) in [6.45, 7) is 6.81. The van der Waals surface area contributed by atoms with E-state index in [1.165, 1.54) is 5.56 Å². The molecule has 0 bridgehead atoms. The summed E-state index contributed by atoms with van der Waals surface area (Å²) in [6, 6.07) is 6.43.